The van der Waals surface area contributed by atoms with Crippen molar-refractivity contribution in [1.29, 1.82) is 0 Å². The molecule has 0 saturated carbocycles. The van der Waals surface area contributed by atoms with E-state index in [9.17, 15) is 4.79 Å². The van der Waals surface area contributed by atoms with Gasteiger partial charge < -0.3 is 23.9 Å². The van der Waals surface area contributed by atoms with E-state index in [2.05, 4.69) is 15.5 Å². The molecule has 0 bridgehead atoms. The molecule has 0 unspecified atom stereocenters. The van der Waals surface area contributed by atoms with Crippen LogP contribution in [0.1, 0.15) is 16.2 Å². The highest BCUT2D eigenvalue weighted by Crippen LogP contribution is 2.28. The van der Waals surface area contributed by atoms with Gasteiger partial charge in [-0.1, -0.05) is 12.1 Å². The van der Waals surface area contributed by atoms with Crippen LogP contribution in [0, 0.1) is 0 Å². The normalized spacial score (nSPS) is 10.3. The first-order valence-corrected chi connectivity index (χ1v) is 8.12. The predicted octanol–water partition coefficient (Wildman–Crippen LogP) is 2.69. The smallest absolute Gasteiger partial charge is 0.259 e. The Hall–Kier alpha value is -3.55. The lowest BCUT2D eigenvalue weighted by molar-refractivity contribution is 0.0941. The zero-order chi connectivity index (χ0) is 19.2. The van der Waals surface area contributed by atoms with E-state index in [4.69, 9.17) is 18.6 Å². The van der Waals surface area contributed by atoms with E-state index in [0.717, 1.165) is 5.56 Å². The summed E-state index contributed by atoms with van der Waals surface area (Å²) in [5.74, 6) is 1.75. The van der Waals surface area contributed by atoms with Crippen LogP contribution in [-0.2, 0) is 6.54 Å². The van der Waals surface area contributed by atoms with Crippen LogP contribution in [0.2, 0.25) is 0 Å². The number of nitrogens with zero attached hydrogens (tertiary/aromatic N) is 2. The Kier molecular flexibility index (Phi) is 5.55. The summed E-state index contributed by atoms with van der Waals surface area (Å²) in [5.41, 5.74) is 1.03. The third-order valence-corrected chi connectivity index (χ3v) is 3.84. The highest BCUT2D eigenvalue weighted by molar-refractivity contribution is 5.99. The Morgan fingerprint density at radius 3 is 2.37 bits per heavy atom. The van der Waals surface area contributed by atoms with E-state index in [1.165, 1.54) is 14.2 Å². The molecular weight excluding hydrogens is 350 g/mol. The Bertz CT molecular complexity index is 916. The van der Waals surface area contributed by atoms with Crippen molar-refractivity contribution in [2.45, 2.75) is 6.54 Å². The second-order valence-electron chi connectivity index (χ2n) is 5.45. The van der Waals surface area contributed by atoms with Crippen molar-refractivity contribution >= 4 is 5.91 Å². The molecule has 27 heavy (non-hydrogen) atoms. The lowest BCUT2D eigenvalue weighted by atomic mass is 10.1. The average molecular weight is 369 g/mol. The first-order chi connectivity index (χ1) is 13.2. The number of benzene rings is 2. The maximum atomic E-state index is 12.6. The summed E-state index contributed by atoms with van der Waals surface area (Å²) in [4.78, 5) is 12.6. The molecule has 140 valence electrons. The number of amides is 1. The number of hydrogen-bond donors (Lipinski definition) is 1. The number of methoxy groups -OCH3 is 3. The van der Waals surface area contributed by atoms with Gasteiger partial charge in [0.25, 0.3) is 5.91 Å². The van der Waals surface area contributed by atoms with Crippen molar-refractivity contribution < 1.29 is 23.4 Å². The van der Waals surface area contributed by atoms with Crippen LogP contribution >= 0.6 is 0 Å². The van der Waals surface area contributed by atoms with Gasteiger partial charge in [0.15, 0.2) is 0 Å². The standard InChI is InChI=1S/C19H19N3O5/c1-24-13-7-4-6-12(10-13)19-22-21-16(27-19)11-20-18(23)17-14(25-2)8-5-9-15(17)26-3/h4-10H,11H2,1-3H3,(H,20,23). The van der Waals surface area contributed by atoms with E-state index in [1.807, 2.05) is 18.2 Å². The van der Waals surface area contributed by atoms with Gasteiger partial charge >= 0.3 is 0 Å². The molecule has 1 N–H and O–H groups in total. The second-order valence-corrected chi connectivity index (χ2v) is 5.45. The van der Waals surface area contributed by atoms with Gasteiger partial charge in [0.1, 0.15) is 22.8 Å². The van der Waals surface area contributed by atoms with Gasteiger partial charge in [-0.2, -0.15) is 0 Å². The summed E-state index contributed by atoms with van der Waals surface area (Å²) in [6.07, 6.45) is 0. The van der Waals surface area contributed by atoms with Gasteiger partial charge in [0, 0.05) is 5.56 Å². The number of hydrogen-bond acceptors (Lipinski definition) is 7. The maximum absolute atomic E-state index is 12.6. The molecule has 2 aromatic carbocycles. The quantitative estimate of drug-likeness (QED) is 0.684. The lowest BCUT2D eigenvalue weighted by Crippen LogP contribution is -2.24. The SMILES string of the molecule is COc1cccc(-c2nnc(CNC(=O)c3c(OC)cccc3OC)o2)c1. The number of nitrogens with one attached hydrogen (secondary N) is 1. The molecular formula is C19H19N3O5. The minimum Gasteiger partial charge on any atom is -0.497 e. The zero-order valence-corrected chi connectivity index (χ0v) is 15.2. The summed E-state index contributed by atoms with van der Waals surface area (Å²) < 4.78 is 21.3. The molecule has 0 aliphatic carbocycles. The van der Waals surface area contributed by atoms with Crippen molar-refractivity contribution in [3.63, 3.8) is 0 Å². The summed E-state index contributed by atoms with van der Waals surface area (Å²) in [6, 6.07) is 12.4. The molecule has 0 aliphatic heterocycles. The molecule has 8 nitrogen and oxygen atoms in total. The van der Waals surface area contributed by atoms with Gasteiger partial charge in [-0.15, -0.1) is 10.2 Å². The number of carbonyl (C=O) groups excluding carboxylic acids is 1. The van der Waals surface area contributed by atoms with Gasteiger partial charge in [-0.3, -0.25) is 4.79 Å². The molecule has 8 heteroatoms. The molecule has 0 atom stereocenters. The molecule has 3 rings (SSSR count). The third-order valence-electron chi connectivity index (χ3n) is 3.84. The number of carbonyl (C=O) groups is 1. The second kappa shape index (κ2) is 8.22. The molecule has 0 radical (unpaired) electrons. The monoisotopic (exact) mass is 369 g/mol. The summed E-state index contributed by atoms with van der Waals surface area (Å²) >= 11 is 0. The van der Waals surface area contributed by atoms with Gasteiger partial charge in [0.05, 0.1) is 27.9 Å². The number of ether oxygens (including phenoxy) is 3. The largest absolute Gasteiger partial charge is 0.497 e. The van der Waals surface area contributed by atoms with Gasteiger partial charge in [-0.25, -0.2) is 0 Å². The van der Waals surface area contributed by atoms with Crippen LogP contribution in [0.3, 0.4) is 0 Å². The van der Waals surface area contributed by atoms with Crippen LogP contribution in [0.4, 0.5) is 0 Å². The summed E-state index contributed by atoms with van der Waals surface area (Å²) in [5, 5.41) is 10.7. The minimum atomic E-state index is -0.370. The van der Waals surface area contributed by atoms with Crippen molar-refractivity contribution in [2.75, 3.05) is 21.3 Å². The molecule has 0 aliphatic rings. The first-order valence-electron chi connectivity index (χ1n) is 8.12. The number of rotatable bonds is 7. The molecule has 0 saturated heterocycles. The van der Waals surface area contributed by atoms with Gasteiger partial charge in [-0.05, 0) is 30.3 Å². The van der Waals surface area contributed by atoms with Crippen molar-refractivity contribution in [2.24, 2.45) is 0 Å². The van der Waals surface area contributed by atoms with Crippen molar-refractivity contribution in [3.8, 4) is 28.7 Å². The lowest BCUT2D eigenvalue weighted by Gasteiger charge is -2.12. The van der Waals surface area contributed by atoms with E-state index < -0.39 is 0 Å². The summed E-state index contributed by atoms with van der Waals surface area (Å²) in [7, 11) is 4.56. The average Bonchev–Trinajstić information content (AvgIpc) is 3.20. The van der Waals surface area contributed by atoms with Crippen LogP contribution in [0.5, 0.6) is 17.2 Å². The topological polar surface area (TPSA) is 95.7 Å². The van der Waals surface area contributed by atoms with Crippen LogP contribution in [-0.4, -0.2) is 37.4 Å². The van der Waals surface area contributed by atoms with Crippen LogP contribution in [0.15, 0.2) is 46.9 Å². The molecule has 0 fully saturated rings. The molecule has 1 amide bonds. The van der Waals surface area contributed by atoms with Crippen LogP contribution < -0.4 is 19.5 Å². The third kappa shape index (κ3) is 4.00. The highest BCUT2D eigenvalue weighted by Gasteiger charge is 2.19. The zero-order valence-electron chi connectivity index (χ0n) is 15.2. The molecule has 1 heterocycles. The molecule has 1 aromatic heterocycles. The van der Waals surface area contributed by atoms with Gasteiger partial charge in [0.2, 0.25) is 11.8 Å². The Morgan fingerprint density at radius 2 is 1.70 bits per heavy atom. The van der Waals surface area contributed by atoms with Crippen molar-refractivity contribution in [1.82, 2.24) is 15.5 Å². The van der Waals surface area contributed by atoms with E-state index >= 15 is 0 Å². The minimum absolute atomic E-state index is 0.0665. The Balaban J connectivity index is 1.73. The van der Waals surface area contributed by atoms with Crippen molar-refractivity contribution in [3.05, 3.63) is 53.9 Å². The maximum Gasteiger partial charge on any atom is 0.259 e. The predicted molar refractivity (Wildman–Crippen MR) is 97.0 cm³/mol. The first kappa shape index (κ1) is 18.2. The fourth-order valence-electron chi connectivity index (χ4n) is 2.52. The molecule has 0 spiro atoms. The molecule has 3 aromatic rings. The highest BCUT2D eigenvalue weighted by atomic mass is 16.5. The fourth-order valence-corrected chi connectivity index (χ4v) is 2.52. The Morgan fingerprint density at radius 1 is 1.00 bits per heavy atom. The van der Waals surface area contributed by atoms with E-state index in [-0.39, 0.29) is 18.3 Å². The van der Waals surface area contributed by atoms with E-state index in [1.54, 1.807) is 31.4 Å². The Labute approximate surface area is 156 Å². The summed E-state index contributed by atoms with van der Waals surface area (Å²) in [6.45, 7) is 0.0665. The van der Waals surface area contributed by atoms with Crippen LogP contribution in [0.25, 0.3) is 11.5 Å². The fraction of sp³-hybridized carbons (Fsp3) is 0.211. The number of aromatic nitrogens is 2. The van der Waals surface area contributed by atoms with E-state index in [0.29, 0.717) is 28.7 Å².